The minimum absolute atomic E-state index is 0.428. The van der Waals surface area contributed by atoms with Gasteiger partial charge in [0.1, 0.15) is 5.75 Å². The fourth-order valence-corrected chi connectivity index (χ4v) is 3.27. The van der Waals surface area contributed by atoms with Crippen LogP contribution in [0.15, 0.2) is 18.2 Å². The third-order valence-electron chi connectivity index (χ3n) is 4.04. The molecule has 2 unspecified atom stereocenters. The van der Waals surface area contributed by atoms with E-state index in [2.05, 4.69) is 11.0 Å². The Balaban J connectivity index is 2.00. The number of para-hydroxylation sites is 1. The Morgan fingerprint density at radius 1 is 1.44 bits per heavy atom. The Morgan fingerprint density at radius 2 is 2.31 bits per heavy atom. The van der Waals surface area contributed by atoms with Crippen molar-refractivity contribution in [3.8, 4) is 5.75 Å². The number of phenols is 1. The zero-order valence-corrected chi connectivity index (χ0v) is 9.39. The maximum absolute atomic E-state index is 9.96. The predicted octanol–water partition coefficient (Wildman–Crippen LogP) is 1.49. The number of phenolic OH excluding ortho intramolecular Hbond substituents is 1. The number of aromatic hydroxyl groups is 1. The number of piperidine rings is 1. The van der Waals surface area contributed by atoms with Gasteiger partial charge in [-0.2, -0.15) is 0 Å². The molecule has 3 rings (SSSR count). The first-order chi connectivity index (χ1) is 7.81. The van der Waals surface area contributed by atoms with Crippen LogP contribution in [-0.4, -0.2) is 24.2 Å². The summed E-state index contributed by atoms with van der Waals surface area (Å²) >= 11 is 0. The number of rotatable bonds is 1. The number of benzene rings is 1. The minimum Gasteiger partial charge on any atom is -0.506 e. The second-order valence-electron chi connectivity index (χ2n) is 4.89. The number of nitrogens with zero attached hydrogens (tertiary/aromatic N) is 1. The highest BCUT2D eigenvalue weighted by molar-refractivity contribution is 5.68. The van der Waals surface area contributed by atoms with Gasteiger partial charge in [-0.25, -0.2) is 0 Å². The third-order valence-corrected chi connectivity index (χ3v) is 4.04. The molecule has 1 fully saturated rings. The smallest absolute Gasteiger partial charge is 0.139 e. The van der Waals surface area contributed by atoms with Crippen molar-refractivity contribution in [3.05, 3.63) is 23.8 Å². The van der Waals surface area contributed by atoms with Crippen LogP contribution >= 0.6 is 0 Å². The van der Waals surface area contributed by atoms with Crippen molar-refractivity contribution in [1.82, 2.24) is 0 Å². The highest BCUT2D eigenvalue weighted by atomic mass is 16.3. The van der Waals surface area contributed by atoms with E-state index >= 15 is 0 Å². The lowest BCUT2D eigenvalue weighted by molar-refractivity contribution is 0.337. The van der Waals surface area contributed by atoms with E-state index in [9.17, 15) is 5.11 Å². The first-order valence-electron chi connectivity index (χ1n) is 6.09. The fraction of sp³-hybridized carbons (Fsp3) is 0.538. The van der Waals surface area contributed by atoms with Gasteiger partial charge < -0.3 is 15.7 Å². The van der Waals surface area contributed by atoms with Gasteiger partial charge in [0.15, 0.2) is 0 Å². The normalized spacial score (nSPS) is 27.7. The number of fused-ring (bicyclic) bond motifs is 3. The molecule has 3 N–H and O–H groups in total. The molecule has 3 nitrogen and oxygen atoms in total. The topological polar surface area (TPSA) is 49.5 Å². The summed E-state index contributed by atoms with van der Waals surface area (Å²) in [6.45, 7) is 1.82. The Hall–Kier alpha value is -1.22. The molecular formula is C13H18N2O. The Morgan fingerprint density at radius 3 is 3.12 bits per heavy atom. The number of hydrogen-bond donors (Lipinski definition) is 2. The van der Waals surface area contributed by atoms with Crippen LogP contribution in [-0.2, 0) is 6.42 Å². The van der Waals surface area contributed by atoms with E-state index in [-0.39, 0.29) is 0 Å². The third kappa shape index (κ3) is 1.31. The molecular weight excluding hydrogens is 200 g/mol. The number of hydrogen-bond acceptors (Lipinski definition) is 3. The van der Waals surface area contributed by atoms with Crippen LogP contribution in [0.2, 0.25) is 0 Å². The second-order valence-corrected chi connectivity index (χ2v) is 4.89. The average molecular weight is 218 g/mol. The quantitative estimate of drug-likeness (QED) is 0.751. The van der Waals surface area contributed by atoms with Crippen molar-refractivity contribution in [3.63, 3.8) is 0 Å². The lowest BCUT2D eigenvalue weighted by atomic mass is 9.89. The lowest BCUT2D eigenvalue weighted by Crippen LogP contribution is -2.45. The monoisotopic (exact) mass is 218 g/mol. The Kier molecular flexibility index (Phi) is 2.28. The van der Waals surface area contributed by atoms with Gasteiger partial charge in [0.05, 0.1) is 5.69 Å². The Labute approximate surface area is 95.9 Å². The van der Waals surface area contributed by atoms with Gasteiger partial charge in [0.25, 0.3) is 0 Å². The molecule has 2 aliphatic heterocycles. The zero-order valence-electron chi connectivity index (χ0n) is 9.39. The molecule has 0 amide bonds. The molecule has 16 heavy (non-hydrogen) atoms. The molecule has 1 saturated heterocycles. The molecule has 2 aliphatic rings. The van der Waals surface area contributed by atoms with Crippen LogP contribution in [0.25, 0.3) is 0 Å². The van der Waals surface area contributed by atoms with E-state index < -0.39 is 0 Å². The fourth-order valence-electron chi connectivity index (χ4n) is 3.27. The molecule has 0 radical (unpaired) electrons. The van der Waals surface area contributed by atoms with Crippen molar-refractivity contribution in [1.29, 1.82) is 0 Å². The average Bonchev–Trinajstić information content (AvgIpc) is 2.68. The maximum atomic E-state index is 9.96. The van der Waals surface area contributed by atoms with Crippen molar-refractivity contribution < 1.29 is 5.11 Å². The highest BCUT2D eigenvalue weighted by Crippen LogP contribution is 2.43. The van der Waals surface area contributed by atoms with Crippen molar-refractivity contribution in [2.24, 2.45) is 11.7 Å². The standard InChI is InChI=1S/C13H18N2O/c14-8-10-4-2-6-15-11(10)7-9-3-1-5-12(16)13(9)15/h1,3,5,10-11,16H,2,4,6-8,14H2. The number of anilines is 1. The molecule has 0 spiro atoms. The van der Waals surface area contributed by atoms with Crippen LogP contribution in [0.3, 0.4) is 0 Å². The maximum Gasteiger partial charge on any atom is 0.139 e. The van der Waals surface area contributed by atoms with Crippen molar-refractivity contribution >= 4 is 5.69 Å². The largest absolute Gasteiger partial charge is 0.506 e. The van der Waals surface area contributed by atoms with Gasteiger partial charge in [-0.1, -0.05) is 12.1 Å². The van der Waals surface area contributed by atoms with E-state index in [0.29, 0.717) is 17.7 Å². The molecule has 0 saturated carbocycles. The van der Waals surface area contributed by atoms with Crippen LogP contribution in [0.5, 0.6) is 5.75 Å². The zero-order chi connectivity index (χ0) is 11.1. The molecule has 86 valence electrons. The summed E-state index contributed by atoms with van der Waals surface area (Å²) in [6, 6.07) is 6.36. The first kappa shape index (κ1) is 9.97. The summed E-state index contributed by atoms with van der Waals surface area (Å²) in [5.74, 6) is 1.01. The van der Waals surface area contributed by atoms with Crippen molar-refractivity contribution in [2.75, 3.05) is 18.0 Å². The minimum atomic E-state index is 0.428. The van der Waals surface area contributed by atoms with Crippen LogP contribution in [0.4, 0.5) is 5.69 Å². The van der Waals surface area contributed by atoms with E-state index in [1.807, 2.05) is 6.07 Å². The van der Waals surface area contributed by atoms with Crippen molar-refractivity contribution in [2.45, 2.75) is 25.3 Å². The Bertz CT molecular complexity index is 405. The van der Waals surface area contributed by atoms with Crippen LogP contribution < -0.4 is 10.6 Å². The van der Waals surface area contributed by atoms with E-state index in [0.717, 1.165) is 25.2 Å². The highest BCUT2D eigenvalue weighted by Gasteiger charge is 2.38. The molecule has 3 heteroatoms. The van der Waals surface area contributed by atoms with E-state index in [4.69, 9.17) is 5.73 Å². The summed E-state index contributed by atoms with van der Waals surface area (Å²) in [6.07, 6.45) is 3.46. The van der Waals surface area contributed by atoms with Gasteiger partial charge in [-0.15, -0.1) is 0 Å². The molecule has 0 aliphatic carbocycles. The second kappa shape index (κ2) is 3.67. The summed E-state index contributed by atoms with van der Waals surface area (Å²) in [5.41, 5.74) is 8.19. The first-order valence-corrected chi connectivity index (χ1v) is 6.09. The summed E-state index contributed by atoms with van der Waals surface area (Å²) < 4.78 is 0. The van der Waals surface area contributed by atoms with Gasteiger partial charge in [0.2, 0.25) is 0 Å². The lowest BCUT2D eigenvalue weighted by Gasteiger charge is -2.38. The van der Waals surface area contributed by atoms with E-state index in [1.165, 1.54) is 18.4 Å². The van der Waals surface area contributed by atoms with E-state index in [1.54, 1.807) is 6.07 Å². The number of nitrogens with two attached hydrogens (primary N) is 1. The van der Waals surface area contributed by atoms with Gasteiger partial charge in [-0.3, -0.25) is 0 Å². The molecule has 1 aromatic rings. The molecule has 0 bridgehead atoms. The van der Waals surface area contributed by atoms with Gasteiger partial charge in [-0.05, 0) is 43.4 Å². The molecule has 2 heterocycles. The van der Waals surface area contributed by atoms with Crippen LogP contribution in [0, 0.1) is 5.92 Å². The summed E-state index contributed by atoms with van der Waals surface area (Å²) in [4.78, 5) is 2.37. The van der Waals surface area contributed by atoms with Crippen LogP contribution in [0.1, 0.15) is 18.4 Å². The molecule has 1 aromatic carbocycles. The molecule has 0 aromatic heterocycles. The predicted molar refractivity (Wildman–Crippen MR) is 64.7 cm³/mol. The summed E-state index contributed by atoms with van der Waals surface area (Å²) in [5, 5.41) is 9.96. The summed E-state index contributed by atoms with van der Waals surface area (Å²) in [7, 11) is 0. The van der Waals surface area contributed by atoms with Gasteiger partial charge in [0, 0.05) is 12.6 Å². The SMILES string of the molecule is NCC1CCCN2c3c(O)cccc3CC12. The molecule has 2 atom stereocenters. The van der Waals surface area contributed by atoms with Gasteiger partial charge >= 0.3 is 0 Å².